The van der Waals surface area contributed by atoms with Gasteiger partial charge in [-0.05, 0) is 29.4 Å². The highest BCUT2D eigenvalue weighted by Gasteiger charge is 2.37. The highest BCUT2D eigenvalue weighted by atomic mass is 31.2. The summed E-state index contributed by atoms with van der Waals surface area (Å²) in [6.45, 7) is 6.42. The molecule has 6 rings (SSSR count). The third-order valence-electron chi connectivity index (χ3n) is 8.03. The van der Waals surface area contributed by atoms with Crippen LogP contribution in [-0.4, -0.2) is 51.4 Å². The number of carbonyl (C=O) groups is 1. The molecule has 47 heavy (non-hydrogen) atoms. The predicted molar refractivity (Wildman–Crippen MR) is 179 cm³/mol. The smallest absolute Gasteiger partial charge is 0.324 e. The number of aromatic nitrogens is 4. The molecule has 3 heterocycles. The van der Waals surface area contributed by atoms with Gasteiger partial charge in [0.2, 0.25) is 11.8 Å². The fraction of sp³-hybridized carbons (Fsp3) is 0.353. The van der Waals surface area contributed by atoms with E-state index in [1.165, 1.54) is 7.11 Å². The van der Waals surface area contributed by atoms with Gasteiger partial charge in [0.25, 0.3) is 0 Å². The summed E-state index contributed by atoms with van der Waals surface area (Å²) in [6.07, 6.45) is 1.76. The first-order valence-corrected chi connectivity index (χ1v) is 16.7. The summed E-state index contributed by atoms with van der Waals surface area (Å²) in [6, 6.07) is 22.8. The zero-order chi connectivity index (χ0) is 32.9. The third kappa shape index (κ3) is 7.47. The van der Waals surface area contributed by atoms with E-state index < -0.39 is 14.6 Å². The van der Waals surface area contributed by atoms with Crippen molar-refractivity contribution in [1.29, 1.82) is 0 Å². The Morgan fingerprint density at radius 2 is 1.85 bits per heavy atom. The second-order valence-corrected chi connectivity index (χ2v) is 13.1. The minimum Gasteiger partial charge on any atom is -0.479 e. The molecule has 0 bridgehead atoms. The first-order chi connectivity index (χ1) is 22.8. The van der Waals surface area contributed by atoms with Crippen molar-refractivity contribution in [3.63, 3.8) is 0 Å². The number of esters is 1. The van der Waals surface area contributed by atoms with Crippen LogP contribution in [0.3, 0.4) is 0 Å². The molecule has 12 nitrogen and oxygen atoms in total. The van der Waals surface area contributed by atoms with Crippen molar-refractivity contribution in [2.75, 3.05) is 19.5 Å². The van der Waals surface area contributed by atoms with Crippen LogP contribution < -0.4 is 20.1 Å². The van der Waals surface area contributed by atoms with Crippen molar-refractivity contribution < 1.29 is 28.1 Å². The van der Waals surface area contributed by atoms with Crippen LogP contribution in [-0.2, 0) is 25.4 Å². The number of hydrogen-bond donors (Lipinski definition) is 2. The number of nitrogens with two attached hydrogens (primary N) is 1. The average molecular weight is 659 g/mol. The molecule has 1 fully saturated rings. The molecule has 5 unspecified atom stereocenters. The minimum atomic E-state index is -1.81. The van der Waals surface area contributed by atoms with Crippen LogP contribution in [0, 0.1) is 11.8 Å². The Bertz CT molecular complexity index is 1820. The largest absolute Gasteiger partial charge is 0.479 e. The molecule has 2 aromatic heterocycles. The lowest BCUT2D eigenvalue weighted by Crippen LogP contribution is -2.40. The highest BCUT2D eigenvalue weighted by Crippen LogP contribution is 2.43. The summed E-state index contributed by atoms with van der Waals surface area (Å²) in [4.78, 5) is 26.3. The van der Waals surface area contributed by atoms with Crippen molar-refractivity contribution in [1.82, 2.24) is 24.6 Å². The van der Waals surface area contributed by atoms with E-state index in [0.29, 0.717) is 29.2 Å². The Labute approximate surface area is 274 Å². The molecule has 0 amide bonds. The molecule has 1 saturated heterocycles. The van der Waals surface area contributed by atoms with Crippen molar-refractivity contribution in [2.45, 2.75) is 52.2 Å². The molecule has 1 aliphatic rings. The van der Waals surface area contributed by atoms with Gasteiger partial charge in [0, 0.05) is 11.3 Å². The second kappa shape index (κ2) is 14.6. The summed E-state index contributed by atoms with van der Waals surface area (Å²) >= 11 is 0. The number of ether oxygens (including phenoxy) is 3. The van der Waals surface area contributed by atoms with Gasteiger partial charge in [-0.25, -0.2) is 10.1 Å². The van der Waals surface area contributed by atoms with Gasteiger partial charge in [-0.2, -0.15) is 9.97 Å². The topological polar surface area (TPSA) is 145 Å². The maximum Gasteiger partial charge on any atom is 0.324 e. The second-order valence-electron chi connectivity index (χ2n) is 11.8. The third-order valence-corrected chi connectivity index (χ3v) is 9.26. The molecule has 3 aromatic carbocycles. The van der Waals surface area contributed by atoms with E-state index in [2.05, 4.69) is 27.0 Å². The first-order valence-electron chi connectivity index (χ1n) is 15.6. The lowest BCUT2D eigenvalue weighted by Gasteiger charge is -2.27. The number of rotatable bonds is 13. The van der Waals surface area contributed by atoms with Crippen LogP contribution >= 0.6 is 8.53 Å². The lowest BCUT2D eigenvalue weighted by molar-refractivity contribution is -0.148. The molecule has 0 aliphatic carbocycles. The molecule has 5 atom stereocenters. The number of nitrogens with one attached hydrogen (secondary N) is 1. The van der Waals surface area contributed by atoms with Crippen LogP contribution in [0.2, 0.25) is 0 Å². The van der Waals surface area contributed by atoms with E-state index in [0.717, 1.165) is 16.3 Å². The zero-order valence-electron chi connectivity index (χ0n) is 26.8. The van der Waals surface area contributed by atoms with E-state index >= 15 is 0 Å². The van der Waals surface area contributed by atoms with Gasteiger partial charge in [0.15, 0.2) is 11.2 Å². The Balaban J connectivity index is 1.19. The number of fused-ring (bicyclic) bond motifs is 2. The van der Waals surface area contributed by atoms with E-state index in [4.69, 9.17) is 29.0 Å². The average Bonchev–Trinajstić information content (AvgIpc) is 3.67. The number of carbonyl (C=O) groups excluding carboxylic acids is 1. The minimum absolute atomic E-state index is 0.0888. The van der Waals surface area contributed by atoms with Gasteiger partial charge >= 0.3 is 14.5 Å². The van der Waals surface area contributed by atoms with Crippen LogP contribution in [0.1, 0.15) is 39.0 Å². The predicted octanol–water partition coefficient (Wildman–Crippen LogP) is 6.17. The number of nitrogens with zero attached hydrogens (tertiary/aromatic N) is 4. The number of anilines is 1. The van der Waals surface area contributed by atoms with Crippen molar-refractivity contribution in [3.05, 3.63) is 84.7 Å². The monoisotopic (exact) mass is 658 g/mol. The maximum atomic E-state index is 13.4. The molecule has 0 saturated carbocycles. The molecule has 0 radical (unpaired) electrons. The number of imidazole rings is 1. The summed E-state index contributed by atoms with van der Waals surface area (Å²) in [5.41, 5.74) is 7.89. The van der Waals surface area contributed by atoms with Crippen LogP contribution in [0.5, 0.6) is 11.6 Å². The molecule has 3 N–H and O–H groups in total. The molecule has 5 aromatic rings. The number of methoxy groups -OCH3 is 1. The Hall–Kier alpha value is -4.35. The molecular formula is C34H39N6O6P. The fourth-order valence-corrected chi connectivity index (χ4v) is 7.06. The van der Waals surface area contributed by atoms with E-state index in [9.17, 15) is 4.79 Å². The zero-order valence-corrected chi connectivity index (χ0v) is 27.7. The first kappa shape index (κ1) is 32.6. The summed E-state index contributed by atoms with van der Waals surface area (Å²) < 4.78 is 32.4. The molecule has 1 aliphatic heterocycles. The van der Waals surface area contributed by atoms with Crippen LogP contribution in [0.15, 0.2) is 79.1 Å². The van der Waals surface area contributed by atoms with Crippen LogP contribution in [0.4, 0.5) is 5.95 Å². The number of hydrogen-bond acceptors (Lipinski definition) is 11. The maximum absolute atomic E-state index is 13.4. The Morgan fingerprint density at radius 3 is 2.64 bits per heavy atom. The Morgan fingerprint density at radius 1 is 1.09 bits per heavy atom. The summed E-state index contributed by atoms with van der Waals surface area (Å²) in [5, 5.41) is 5.32. The van der Waals surface area contributed by atoms with Gasteiger partial charge in [0.1, 0.15) is 24.6 Å². The number of benzene rings is 3. The SMILES string of the molecule is COc1nc(N)nc2c1ncn2C1OC(COP(NC(C(=O)OCc2ccccc2)C(C)C)Oc2cccc3ccccc23)CC1C. The standard InChI is InChI=1S/C34H39N6O6P/c1-21(2)28(33(41)43-18-23-11-6-5-7-12-23)39-47(46-27-16-10-14-24-13-8-9-15-26(24)27)44-19-25-17-22(3)32(45-25)40-20-36-29-30(40)37-34(35)38-31(29)42-4/h5-16,20-22,25,28,32,39H,17-19H2,1-4H3,(H2,35,37,38). The van der Waals surface area contributed by atoms with E-state index in [-0.39, 0.29) is 49.3 Å². The van der Waals surface area contributed by atoms with Crippen LogP contribution in [0.25, 0.3) is 21.9 Å². The van der Waals surface area contributed by atoms with E-state index in [1.54, 1.807) is 6.33 Å². The number of nitrogen functional groups attached to an aromatic ring is 1. The molecular weight excluding hydrogens is 619 g/mol. The van der Waals surface area contributed by atoms with Gasteiger partial charge in [-0.15, -0.1) is 0 Å². The molecule has 0 spiro atoms. The van der Waals surface area contributed by atoms with E-state index in [1.807, 2.05) is 91.2 Å². The lowest BCUT2D eigenvalue weighted by atomic mass is 10.1. The van der Waals surface area contributed by atoms with Gasteiger partial charge < -0.3 is 29.0 Å². The Kier molecular flexibility index (Phi) is 10.1. The normalized spacial score (nSPS) is 19.2. The summed E-state index contributed by atoms with van der Waals surface area (Å²) in [7, 11) is -0.296. The fourth-order valence-electron chi connectivity index (χ4n) is 5.61. The van der Waals surface area contributed by atoms with Crippen molar-refractivity contribution in [2.24, 2.45) is 11.8 Å². The highest BCUT2D eigenvalue weighted by molar-refractivity contribution is 7.45. The van der Waals surface area contributed by atoms with Gasteiger partial charge in [-0.3, -0.25) is 9.36 Å². The summed E-state index contributed by atoms with van der Waals surface area (Å²) in [5.74, 6) is 0.674. The molecule has 246 valence electrons. The van der Waals surface area contributed by atoms with Crippen molar-refractivity contribution in [3.8, 4) is 11.6 Å². The van der Waals surface area contributed by atoms with Crippen molar-refractivity contribution >= 4 is 42.4 Å². The van der Waals surface area contributed by atoms with Gasteiger partial charge in [-0.1, -0.05) is 87.5 Å². The van der Waals surface area contributed by atoms with Gasteiger partial charge in [0.05, 0.1) is 26.1 Å². The molecule has 13 heteroatoms. The quantitative estimate of drug-likeness (QED) is 0.111.